The highest BCUT2D eigenvalue weighted by Crippen LogP contribution is 2.14. The van der Waals surface area contributed by atoms with Gasteiger partial charge in [0.2, 0.25) is 0 Å². The molecule has 72 valence electrons. The first-order valence-corrected chi connectivity index (χ1v) is 4.21. The highest BCUT2D eigenvalue weighted by atomic mass is 16.5. The van der Waals surface area contributed by atoms with Crippen molar-refractivity contribution in [2.45, 2.75) is 19.4 Å². The van der Waals surface area contributed by atoms with Crippen LogP contribution in [0, 0.1) is 0 Å². The van der Waals surface area contributed by atoms with E-state index in [0.29, 0.717) is 5.69 Å². The van der Waals surface area contributed by atoms with Crippen molar-refractivity contribution in [1.82, 2.24) is 4.98 Å². The molecule has 1 aromatic rings. The molecule has 0 aliphatic carbocycles. The van der Waals surface area contributed by atoms with E-state index in [1.54, 1.807) is 12.3 Å². The van der Waals surface area contributed by atoms with E-state index in [4.69, 9.17) is 5.73 Å². The predicted octanol–water partition coefficient (Wildman–Crippen LogP) is 1.21. The molecule has 0 aromatic carbocycles. The number of hydrogen-bond donors (Lipinski definition) is 2. The van der Waals surface area contributed by atoms with Gasteiger partial charge in [0.05, 0.1) is 7.11 Å². The monoisotopic (exact) mass is 182 g/mol. The fourth-order valence-corrected chi connectivity index (χ4v) is 1.09. The summed E-state index contributed by atoms with van der Waals surface area (Å²) in [4.78, 5) is 13.9. The van der Waals surface area contributed by atoms with Crippen LogP contribution >= 0.6 is 0 Å². The maximum atomic E-state index is 11.0. The molecular formula is C9H14N2O2. The molecule has 0 unspecified atom stereocenters. The molecule has 0 aliphatic rings. The van der Waals surface area contributed by atoms with Gasteiger partial charge in [-0.15, -0.1) is 0 Å². The van der Waals surface area contributed by atoms with Gasteiger partial charge in [-0.3, -0.25) is 0 Å². The van der Waals surface area contributed by atoms with E-state index in [2.05, 4.69) is 9.72 Å². The number of methoxy groups -OCH3 is 1. The van der Waals surface area contributed by atoms with Gasteiger partial charge in [0.1, 0.15) is 5.69 Å². The third-order valence-corrected chi connectivity index (χ3v) is 1.98. The maximum absolute atomic E-state index is 11.0. The van der Waals surface area contributed by atoms with Crippen LogP contribution in [0.2, 0.25) is 0 Å². The number of hydrogen-bond acceptors (Lipinski definition) is 3. The zero-order chi connectivity index (χ0) is 9.84. The van der Waals surface area contributed by atoms with Crippen molar-refractivity contribution >= 4 is 5.97 Å². The van der Waals surface area contributed by atoms with Crippen molar-refractivity contribution in [3.8, 4) is 0 Å². The molecular weight excluding hydrogens is 168 g/mol. The summed E-state index contributed by atoms with van der Waals surface area (Å²) < 4.78 is 4.55. The smallest absolute Gasteiger partial charge is 0.354 e. The van der Waals surface area contributed by atoms with Crippen LogP contribution in [0.1, 0.15) is 35.4 Å². The number of carbonyl (C=O) groups is 1. The number of esters is 1. The molecule has 0 spiro atoms. The Hall–Kier alpha value is -1.29. The van der Waals surface area contributed by atoms with Crippen molar-refractivity contribution in [2.24, 2.45) is 5.73 Å². The molecule has 0 saturated carbocycles. The quantitative estimate of drug-likeness (QED) is 0.690. The van der Waals surface area contributed by atoms with Crippen LogP contribution in [-0.2, 0) is 4.74 Å². The number of aromatic nitrogens is 1. The molecule has 0 bridgehead atoms. The summed E-state index contributed by atoms with van der Waals surface area (Å²) in [5.41, 5.74) is 7.16. The lowest BCUT2D eigenvalue weighted by Crippen LogP contribution is -2.07. The second-order valence-electron chi connectivity index (χ2n) is 2.85. The van der Waals surface area contributed by atoms with Gasteiger partial charge in [0.25, 0.3) is 0 Å². The van der Waals surface area contributed by atoms with E-state index in [1.807, 2.05) is 6.92 Å². The predicted molar refractivity (Wildman–Crippen MR) is 49.4 cm³/mol. The van der Waals surface area contributed by atoms with Gasteiger partial charge in [-0.25, -0.2) is 4.79 Å². The van der Waals surface area contributed by atoms with E-state index in [0.717, 1.165) is 12.0 Å². The maximum Gasteiger partial charge on any atom is 0.354 e. The lowest BCUT2D eigenvalue weighted by Gasteiger charge is -2.03. The number of rotatable bonds is 3. The van der Waals surface area contributed by atoms with Crippen LogP contribution in [0.5, 0.6) is 0 Å². The van der Waals surface area contributed by atoms with E-state index < -0.39 is 0 Å². The zero-order valence-corrected chi connectivity index (χ0v) is 7.83. The van der Waals surface area contributed by atoms with E-state index in [9.17, 15) is 4.79 Å². The average Bonchev–Trinajstić information content (AvgIpc) is 2.64. The van der Waals surface area contributed by atoms with Gasteiger partial charge >= 0.3 is 5.97 Å². The SMILES string of the molecule is CC[C@H](N)c1c[nH]c(C(=O)OC)c1. The Morgan fingerprint density at radius 1 is 1.77 bits per heavy atom. The summed E-state index contributed by atoms with van der Waals surface area (Å²) in [6.45, 7) is 2.00. The van der Waals surface area contributed by atoms with Crippen LogP contribution in [-0.4, -0.2) is 18.1 Å². The molecule has 0 fully saturated rings. The molecule has 0 saturated heterocycles. The summed E-state index contributed by atoms with van der Waals surface area (Å²) in [5, 5.41) is 0. The molecule has 0 amide bonds. The van der Waals surface area contributed by atoms with E-state index >= 15 is 0 Å². The third-order valence-electron chi connectivity index (χ3n) is 1.98. The topological polar surface area (TPSA) is 68.1 Å². The Kier molecular flexibility index (Phi) is 3.08. The van der Waals surface area contributed by atoms with Gasteiger partial charge in [-0.05, 0) is 18.1 Å². The Morgan fingerprint density at radius 2 is 2.46 bits per heavy atom. The first-order valence-electron chi connectivity index (χ1n) is 4.21. The number of carbonyl (C=O) groups excluding carboxylic acids is 1. The molecule has 13 heavy (non-hydrogen) atoms. The van der Waals surface area contributed by atoms with Crippen molar-refractivity contribution in [3.63, 3.8) is 0 Å². The molecule has 1 atom stereocenters. The van der Waals surface area contributed by atoms with Gasteiger partial charge in [0, 0.05) is 12.2 Å². The minimum Gasteiger partial charge on any atom is -0.464 e. The zero-order valence-electron chi connectivity index (χ0n) is 7.83. The normalized spacial score (nSPS) is 12.5. The van der Waals surface area contributed by atoms with Crippen molar-refractivity contribution in [1.29, 1.82) is 0 Å². The number of nitrogens with two attached hydrogens (primary N) is 1. The van der Waals surface area contributed by atoms with Crippen molar-refractivity contribution in [3.05, 3.63) is 23.5 Å². The Morgan fingerprint density at radius 3 is 3.00 bits per heavy atom. The van der Waals surface area contributed by atoms with Gasteiger partial charge in [-0.2, -0.15) is 0 Å². The lowest BCUT2D eigenvalue weighted by molar-refractivity contribution is 0.0595. The standard InChI is InChI=1S/C9H14N2O2/c1-3-7(10)6-4-8(11-5-6)9(12)13-2/h4-5,7,11H,3,10H2,1-2H3/t7-/m0/s1. The number of ether oxygens (including phenoxy) is 1. The molecule has 4 nitrogen and oxygen atoms in total. The lowest BCUT2D eigenvalue weighted by atomic mass is 10.1. The summed E-state index contributed by atoms with van der Waals surface area (Å²) in [5.74, 6) is -0.366. The largest absolute Gasteiger partial charge is 0.464 e. The second-order valence-corrected chi connectivity index (χ2v) is 2.85. The van der Waals surface area contributed by atoms with Crippen molar-refractivity contribution < 1.29 is 9.53 Å². The Labute approximate surface area is 77.1 Å². The van der Waals surface area contributed by atoms with Gasteiger partial charge < -0.3 is 15.5 Å². The number of H-pyrrole nitrogens is 1. The van der Waals surface area contributed by atoms with Crippen LogP contribution in [0.3, 0.4) is 0 Å². The summed E-state index contributed by atoms with van der Waals surface area (Å²) >= 11 is 0. The first kappa shape index (κ1) is 9.80. The third kappa shape index (κ3) is 2.09. The van der Waals surface area contributed by atoms with Crippen LogP contribution in [0.4, 0.5) is 0 Å². The highest BCUT2D eigenvalue weighted by Gasteiger charge is 2.11. The molecule has 1 aromatic heterocycles. The molecule has 3 N–H and O–H groups in total. The number of aromatic amines is 1. The second kappa shape index (κ2) is 4.09. The molecule has 4 heteroatoms. The molecule has 0 aliphatic heterocycles. The molecule has 1 heterocycles. The molecule has 0 radical (unpaired) electrons. The minimum absolute atomic E-state index is 0.0188. The van der Waals surface area contributed by atoms with Gasteiger partial charge in [0.15, 0.2) is 0 Å². The fourth-order valence-electron chi connectivity index (χ4n) is 1.09. The summed E-state index contributed by atoms with van der Waals surface area (Å²) in [6, 6.07) is 1.70. The highest BCUT2D eigenvalue weighted by molar-refractivity contribution is 5.87. The Balaban J connectivity index is 2.80. The Bertz CT molecular complexity index is 294. The van der Waals surface area contributed by atoms with Crippen LogP contribution in [0.15, 0.2) is 12.3 Å². The van der Waals surface area contributed by atoms with E-state index in [1.165, 1.54) is 7.11 Å². The van der Waals surface area contributed by atoms with Gasteiger partial charge in [-0.1, -0.05) is 6.92 Å². The molecule has 1 rings (SSSR count). The summed E-state index contributed by atoms with van der Waals surface area (Å²) in [7, 11) is 1.35. The first-order chi connectivity index (χ1) is 6.19. The van der Waals surface area contributed by atoms with Crippen LogP contribution in [0.25, 0.3) is 0 Å². The fraction of sp³-hybridized carbons (Fsp3) is 0.444. The summed E-state index contributed by atoms with van der Waals surface area (Å²) in [6.07, 6.45) is 2.58. The average molecular weight is 182 g/mol. The van der Waals surface area contributed by atoms with Crippen molar-refractivity contribution in [2.75, 3.05) is 7.11 Å². The van der Waals surface area contributed by atoms with E-state index in [-0.39, 0.29) is 12.0 Å². The minimum atomic E-state index is -0.366. The number of nitrogens with one attached hydrogen (secondary N) is 1. The van der Waals surface area contributed by atoms with Crippen LogP contribution < -0.4 is 5.73 Å².